The third-order valence-corrected chi connectivity index (χ3v) is 5.17. The van der Waals surface area contributed by atoms with Crippen LogP contribution in [0.3, 0.4) is 0 Å². The first-order valence-electron chi connectivity index (χ1n) is 8.14. The summed E-state index contributed by atoms with van der Waals surface area (Å²) in [4.78, 5) is 23.5. The second kappa shape index (κ2) is 5.45. The summed E-state index contributed by atoms with van der Waals surface area (Å²) < 4.78 is 0. The Morgan fingerprint density at radius 3 is 2.74 bits per heavy atom. The number of hydrogen-bond acceptors (Lipinski definition) is 4. The van der Waals surface area contributed by atoms with E-state index in [0.29, 0.717) is 12.8 Å². The van der Waals surface area contributed by atoms with Gasteiger partial charge in [-0.15, -0.1) is 0 Å². The summed E-state index contributed by atoms with van der Waals surface area (Å²) in [5.41, 5.74) is 5.39. The SMILES string of the molecule is O=C1CCC(c2ccc(NC(=O)C3CC34CCNC4)cc2)=NN1. The Morgan fingerprint density at radius 1 is 1.26 bits per heavy atom. The van der Waals surface area contributed by atoms with Crippen LogP contribution in [-0.4, -0.2) is 30.6 Å². The third-order valence-electron chi connectivity index (χ3n) is 5.17. The molecule has 4 rings (SSSR count). The van der Waals surface area contributed by atoms with Gasteiger partial charge in [-0.2, -0.15) is 5.10 Å². The fourth-order valence-electron chi connectivity index (χ4n) is 3.61. The van der Waals surface area contributed by atoms with Crippen molar-refractivity contribution in [1.29, 1.82) is 0 Å². The molecule has 3 N–H and O–H groups in total. The normalized spacial score (nSPS) is 29.1. The van der Waals surface area contributed by atoms with E-state index in [4.69, 9.17) is 0 Å². The zero-order valence-corrected chi connectivity index (χ0v) is 12.9. The highest BCUT2D eigenvalue weighted by molar-refractivity contribution is 6.04. The number of rotatable bonds is 3. The Morgan fingerprint density at radius 2 is 2.09 bits per heavy atom. The van der Waals surface area contributed by atoms with Crippen LogP contribution in [0.5, 0.6) is 0 Å². The monoisotopic (exact) mass is 312 g/mol. The van der Waals surface area contributed by atoms with E-state index >= 15 is 0 Å². The number of anilines is 1. The molecule has 6 nitrogen and oxygen atoms in total. The van der Waals surface area contributed by atoms with E-state index in [0.717, 1.165) is 42.9 Å². The van der Waals surface area contributed by atoms with Crippen molar-refractivity contribution in [2.75, 3.05) is 18.4 Å². The molecule has 1 saturated carbocycles. The molecule has 23 heavy (non-hydrogen) atoms. The number of nitrogens with one attached hydrogen (secondary N) is 3. The topological polar surface area (TPSA) is 82.6 Å². The minimum atomic E-state index is -0.0441. The summed E-state index contributed by atoms with van der Waals surface area (Å²) >= 11 is 0. The highest BCUT2D eigenvalue weighted by Gasteiger charge is 2.58. The van der Waals surface area contributed by atoms with Crippen LogP contribution in [-0.2, 0) is 9.59 Å². The smallest absolute Gasteiger partial charge is 0.240 e. The second-order valence-corrected chi connectivity index (χ2v) is 6.71. The standard InChI is InChI=1S/C17H20N4O2/c22-15-6-5-14(20-21-15)11-1-3-12(4-2-11)19-16(23)13-9-17(13)7-8-18-10-17/h1-4,13,18H,5-10H2,(H,19,23)(H,21,22). The molecule has 2 amide bonds. The molecule has 6 heteroatoms. The number of nitrogens with zero attached hydrogens (tertiary/aromatic N) is 1. The maximum absolute atomic E-state index is 12.3. The second-order valence-electron chi connectivity index (χ2n) is 6.71. The summed E-state index contributed by atoms with van der Waals surface area (Å²) in [5.74, 6) is 0.233. The Hall–Kier alpha value is -2.21. The molecule has 0 aromatic heterocycles. The van der Waals surface area contributed by atoms with Crippen LogP contribution in [0.2, 0.25) is 0 Å². The molecular formula is C17H20N4O2. The van der Waals surface area contributed by atoms with Gasteiger partial charge >= 0.3 is 0 Å². The Bertz CT molecular complexity index is 674. The van der Waals surface area contributed by atoms with Crippen molar-refractivity contribution in [2.45, 2.75) is 25.7 Å². The zero-order valence-electron chi connectivity index (χ0n) is 12.9. The molecule has 2 aliphatic heterocycles. The maximum atomic E-state index is 12.3. The summed E-state index contributed by atoms with van der Waals surface area (Å²) in [6, 6.07) is 7.67. The van der Waals surface area contributed by atoms with Crippen LogP contribution in [0.1, 0.15) is 31.2 Å². The highest BCUT2D eigenvalue weighted by atomic mass is 16.2. The van der Waals surface area contributed by atoms with Crippen LogP contribution >= 0.6 is 0 Å². The van der Waals surface area contributed by atoms with Gasteiger partial charge in [0.1, 0.15) is 0 Å². The van der Waals surface area contributed by atoms with E-state index in [9.17, 15) is 9.59 Å². The number of carbonyl (C=O) groups excluding carboxylic acids is 2. The van der Waals surface area contributed by atoms with Crippen molar-refractivity contribution in [1.82, 2.24) is 10.7 Å². The molecule has 1 aromatic carbocycles. The van der Waals surface area contributed by atoms with Gasteiger partial charge in [-0.3, -0.25) is 9.59 Å². The Kier molecular flexibility index (Phi) is 3.41. The molecule has 1 aromatic rings. The first kappa shape index (κ1) is 14.4. The van der Waals surface area contributed by atoms with Gasteiger partial charge in [0.15, 0.2) is 0 Å². The minimum Gasteiger partial charge on any atom is -0.326 e. The predicted molar refractivity (Wildman–Crippen MR) is 87.0 cm³/mol. The number of carbonyl (C=O) groups is 2. The van der Waals surface area contributed by atoms with E-state index in [1.807, 2.05) is 24.3 Å². The van der Waals surface area contributed by atoms with Crippen molar-refractivity contribution in [3.05, 3.63) is 29.8 Å². The van der Waals surface area contributed by atoms with E-state index < -0.39 is 0 Å². The average Bonchev–Trinajstić information content (AvgIpc) is 3.06. The summed E-state index contributed by atoms with van der Waals surface area (Å²) in [7, 11) is 0. The Labute approximate surface area is 134 Å². The van der Waals surface area contributed by atoms with E-state index in [-0.39, 0.29) is 23.1 Å². The average molecular weight is 312 g/mol. The molecule has 3 aliphatic rings. The molecule has 2 fully saturated rings. The van der Waals surface area contributed by atoms with Crippen molar-refractivity contribution in [3.8, 4) is 0 Å². The van der Waals surface area contributed by atoms with E-state index in [1.165, 1.54) is 0 Å². The lowest BCUT2D eigenvalue weighted by Crippen LogP contribution is -2.25. The summed E-state index contributed by atoms with van der Waals surface area (Å²) in [5, 5.41) is 10.4. The van der Waals surface area contributed by atoms with E-state index in [2.05, 4.69) is 21.2 Å². The molecule has 0 radical (unpaired) electrons. The quantitative estimate of drug-likeness (QED) is 0.785. The lowest BCUT2D eigenvalue weighted by atomic mass is 10.0. The molecule has 2 unspecified atom stereocenters. The molecule has 1 saturated heterocycles. The van der Waals surface area contributed by atoms with Crippen molar-refractivity contribution >= 4 is 23.2 Å². The van der Waals surface area contributed by atoms with Crippen molar-refractivity contribution in [3.63, 3.8) is 0 Å². The van der Waals surface area contributed by atoms with Gasteiger partial charge in [0, 0.05) is 31.0 Å². The van der Waals surface area contributed by atoms with Crippen LogP contribution in [0.15, 0.2) is 29.4 Å². The lowest BCUT2D eigenvalue weighted by Gasteiger charge is -2.13. The summed E-state index contributed by atoms with van der Waals surface area (Å²) in [6.07, 6.45) is 3.22. The van der Waals surface area contributed by atoms with Crippen LogP contribution < -0.4 is 16.1 Å². The minimum absolute atomic E-state index is 0.0441. The van der Waals surface area contributed by atoms with E-state index in [1.54, 1.807) is 0 Å². The predicted octanol–water partition coefficient (Wildman–Crippen LogP) is 1.24. The number of benzene rings is 1. The lowest BCUT2D eigenvalue weighted by molar-refractivity contribution is -0.121. The highest BCUT2D eigenvalue weighted by Crippen LogP contribution is 2.56. The Balaban J connectivity index is 1.39. The van der Waals surface area contributed by atoms with Crippen molar-refractivity contribution in [2.24, 2.45) is 16.4 Å². The van der Waals surface area contributed by atoms with Crippen LogP contribution in [0.4, 0.5) is 5.69 Å². The molecule has 0 bridgehead atoms. The molecular weight excluding hydrogens is 292 g/mol. The number of hydrazone groups is 1. The largest absolute Gasteiger partial charge is 0.326 e. The van der Waals surface area contributed by atoms with Gasteiger partial charge in [0.25, 0.3) is 0 Å². The maximum Gasteiger partial charge on any atom is 0.240 e. The van der Waals surface area contributed by atoms with Gasteiger partial charge in [-0.05, 0) is 42.5 Å². The van der Waals surface area contributed by atoms with Gasteiger partial charge in [-0.1, -0.05) is 12.1 Å². The number of amides is 2. The first-order chi connectivity index (χ1) is 11.2. The zero-order chi connectivity index (χ0) is 15.9. The van der Waals surface area contributed by atoms with Gasteiger partial charge in [-0.25, -0.2) is 5.43 Å². The van der Waals surface area contributed by atoms with Crippen LogP contribution in [0, 0.1) is 11.3 Å². The molecule has 2 atom stereocenters. The van der Waals surface area contributed by atoms with Gasteiger partial charge in [0.05, 0.1) is 5.71 Å². The molecule has 1 aliphatic carbocycles. The summed E-state index contributed by atoms with van der Waals surface area (Å²) in [6.45, 7) is 1.99. The first-order valence-corrected chi connectivity index (χ1v) is 8.14. The molecule has 1 spiro atoms. The van der Waals surface area contributed by atoms with Gasteiger partial charge in [0.2, 0.25) is 11.8 Å². The van der Waals surface area contributed by atoms with Gasteiger partial charge < -0.3 is 10.6 Å². The fourth-order valence-corrected chi connectivity index (χ4v) is 3.61. The fraction of sp³-hybridized carbons (Fsp3) is 0.471. The van der Waals surface area contributed by atoms with Crippen LogP contribution in [0.25, 0.3) is 0 Å². The number of hydrogen-bond donors (Lipinski definition) is 3. The molecule has 2 heterocycles. The molecule has 120 valence electrons. The van der Waals surface area contributed by atoms with Crippen molar-refractivity contribution < 1.29 is 9.59 Å². The third kappa shape index (κ3) is 2.74.